The molecule has 0 bridgehead atoms. The van der Waals surface area contributed by atoms with Crippen LogP contribution in [-0.2, 0) is 19.4 Å². The van der Waals surface area contributed by atoms with Crippen LogP contribution in [0.5, 0.6) is 0 Å². The normalized spacial score (nSPS) is 12.3. The van der Waals surface area contributed by atoms with Crippen LogP contribution in [0.1, 0.15) is 36.1 Å². The molecule has 2 aromatic rings. The van der Waals surface area contributed by atoms with E-state index < -0.39 is 15.9 Å². The molecule has 1 atom stereocenters. The van der Waals surface area contributed by atoms with E-state index in [2.05, 4.69) is 10.6 Å². The molecule has 0 aromatic heterocycles. The van der Waals surface area contributed by atoms with Gasteiger partial charge in [0, 0.05) is 18.9 Å². The van der Waals surface area contributed by atoms with E-state index in [1.165, 1.54) is 19.1 Å². The van der Waals surface area contributed by atoms with Crippen LogP contribution in [-0.4, -0.2) is 26.5 Å². The third kappa shape index (κ3) is 5.92. The highest BCUT2D eigenvalue weighted by atomic mass is 32.2. The fourth-order valence-corrected chi connectivity index (χ4v) is 3.30. The summed E-state index contributed by atoms with van der Waals surface area (Å²) < 4.78 is 23.5. The van der Waals surface area contributed by atoms with Crippen LogP contribution < -0.4 is 10.6 Å². The van der Waals surface area contributed by atoms with Crippen LogP contribution in [0.2, 0.25) is 0 Å². The van der Waals surface area contributed by atoms with Crippen molar-refractivity contribution in [3.05, 3.63) is 59.2 Å². The van der Waals surface area contributed by atoms with Gasteiger partial charge in [-0.15, -0.1) is 0 Å². The van der Waals surface area contributed by atoms with Crippen LogP contribution in [0.4, 0.5) is 5.69 Å². The maximum atomic E-state index is 12.5. The molecule has 2 aromatic carbocycles. The van der Waals surface area contributed by atoms with E-state index in [0.29, 0.717) is 5.69 Å². The van der Waals surface area contributed by atoms with Crippen molar-refractivity contribution in [2.24, 2.45) is 0 Å². The SMILES string of the molecule is CC(=O)N[C@@H](CC(=O)Nc1cc(S(C)(=O)=O)ccc1C)c1ccc(C)cc1. The summed E-state index contributed by atoms with van der Waals surface area (Å²) in [7, 11) is -3.37. The molecule has 0 fully saturated rings. The van der Waals surface area contributed by atoms with Gasteiger partial charge in [0.25, 0.3) is 0 Å². The van der Waals surface area contributed by atoms with Gasteiger partial charge in [0.05, 0.1) is 17.4 Å². The Labute approximate surface area is 159 Å². The Morgan fingerprint density at radius 2 is 1.67 bits per heavy atom. The molecule has 2 rings (SSSR count). The summed E-state index contributed by atoms with van der Waals surface area (Å²) in [5.41, 5.74) is 3.10. The minimum atomic E-state index is -3.37. The minimum absolute atomic E-state index is 0.0329. The molecule has 144 valence electrons. The number of benzene rings is 2. The smallest absolute Gasteiger partial charge is 0.226 e. The monoisotopic (exact) mass is 388 g/mol. The summed E-state index contributed by atoms with van der Waals surface area (Å²) in [6.07, 6.45) is 1.15. The van der Waals surface area contributed by atoms with Gasteiger partial charge in [0.1, 0.15) is 0 Å². The first-order valence-corrected chi connectivity index (χ1v) is 10.4. The Balaban J connectivity index is 2.21. The quantitative estimate of drug-likeness (QED) is 0.796. The Morgan fingerprint density at radius 1 is 1.04 bits per heavy atom. The van der Waals surface area contributed by atoms with Crippen LogP contribution in [0, 0.1) is 13.8 Å². The maximum Gasteiger partial charge on any atom is 0.226 e. The van der Waals surface area contributed by atoms with Crippen LogP contribution in [0.3, 0.4) is 0 Å². The van der Waals surface area contributed by atoms with E-state index in [0.717, 1.165) is 22.9 Å². The molecule has 27 heavy (non-hydrogen) atoms. The lowest BCUT2D eigenvalue weighted by Gasteiger charge is -2.19. The average molecular weight is 388 g/mol. The molecule has 0 heterocycles. The van der Waals surface area contributed by atoms with Gasteiger partial charge in [-0.25, -0.2) is 8.42 Å². The fourth-order valence-electron chi connectivity index (χ4n) is 2.65. The molecule has 0 aliphatic carbocycles. The summed E-state index contributed by atoms with van der Waals surface area (Å²) >= 11 is 0. The standard InChI is InChI=1S/C20H24N2O4S/c1-13-5-8-16(9-6-13)19(21-15(3)23)12-20(24)22-18-11-17(27(4,25)26)10-7-14(18)2/h5-11,19H,12H2,1-4H3,(H,21,23)(H,22,24)/t19-/m0/s1. The van der Waals surface area contributed by atoms with Crippen molar-refractivity contribution in [3.8, 4) is 0 Å². The second-order valence-electron chi connectivity index (χ2n) is 6.66. The van der Waals surface area contributed by atoms with E-state index in [-0.39, 0.29) is 23.1 Å². The number of aryl methyl sites for hydroxylation is 2. The molecule has 6 nitrogen and oxygen atoms in total. The predicted molar refractivity (Wildman–Crippen MR) is 105 cm³/mol. The molecular weight excluding hydrogens is 364 g/mol. The van der Waals surface area contributed by atoms with Gasteiger partial charge in [-0.2, -0.15) is 0 Å². The molecule has 2 N–H and O–H groups in total. The number of anilines is 1. The predicted octanol–water partition coefficient (Wildman–Crippen LogP) is 2.91. The van der Waals surface area contributed by atoms with Crippen molar-refractivity contribution < 1.29 is 18.0 Å². The number of carbonyl (C=O) groups excluding carboxylic acids is 2. The van der Waals surface area contributed by atoms with Gasteiger partial charge in [0.2, 0.25) is 11.8 Å². The number of nitrogens with one attached hydrogen (secondary N) is 2. The van der Waals surface area contributed by atoms with Crippen LogP contribution in [0.15, 0.2) is 47.4 Å². The molecule has 0 saturated carbocycles. The zero-order valence-electron chi connectivity index (χ0n) is 15.9. The molecule has 0 aliphatic heterocycles. The number of sulfone groups is 1. The number of amides is 2. The van der Waals surface area contributed by atoms with Gasteiger partial charge in [-0.1, -0.05) is 35.9 Å². The molecule has 0 aliphatic rings. The van der Waals surface area contributed by atoms with Crippen LogP contribution in [0.25, 0.3) is 0 Å². The summed E-state index contributed by atoms with van der Waals surface area (Å²) in [6, 6.07) is 11.7. The largest absolute Gasteiger partial charge is 0.349 e. The van der Waals surface area contributed by atoms with Crippen molar-refractivity contribution >= 4 is 27.3 Å². The molecule has 0 saturated heterocycles. The van der Waals surface area contributed by atoms with Crippen molar-refractivity contribution in [1.82, 2.24) is 5.32 Å². The van der Waals surface area contributed by atoms with Crippen molar-refractivity contribution in [2.45, 2.75) is 38.1 Å². The molecule has 0 unspecified atom stereocenters. The highest BCUT2D eigenvalue weighted by molar-refractivity contribution is 7.90. The molecular formula is C20H24N2O4S. The van der Waals surface area contributed by atoms with E-state index in [4.69, 9.17) is 0 Å². The summed E-state index contributed by atoms with van der Waals surface area (Å²) in [4.78, 5) is 24.2. The summed E-state index contributed by atoms with van der Waals surface area (Å²) in [6.45, 7) is 5.15. The lowest BCUT2D eigenvalue weighted by atomic mass is 10.0. The van der Waals surface area contributed by atoms with E-state index >= 15 is 0 Å². The summed E-state index contributed by atoms with van der Waals surface area (Å²) in [5, 5.41) is 5.54. The third-order valence-corrected chi connectivity index (χ3v) is 5.27. The summed E-state index contributed by atoms with van der Waals surface area (Å²) in [5.74, 6) is -0.549. The first kappa shape index (κ1) is 20.6. The Morgan fingerprint density at radius 3 is 2.22 bits per heavy atom. The first-order valence-electron chi connectivity index (χ1n) is 8.50. The lowest BCUT2D eigenvalue weighted by molar-refractivity contribution is -0.120. The average Bonchev–Trinajstić information content (AvgIpc) is 2.55. The third-order valence-electron chi connectivity index (χ3n) is 4.16. The van der Waals surface area contributed by atoms with Crippen molar-refractivity contribution in [3.63, 3.8) is 0 Å². The fraction of sp³-hybridized carbons (Fsp3) is 0.300. The molecule has 0 spiro atoms. The maximum absolute atomic E-state index is 12.5. The number of hydrogen-bond donors (Lipinski definition) is 2. The van der Waals surface area contributed by atoms with Gasteiger partial charge in [-0.3, -0.25) is 9.59 Å². The Bertz CT molecular complexity index is 950. The van der Waals surface area contributed by atoms with Crippen LogP contribution >= 0.6 is 0 Å². The van der Waals surface area contributed by atoms with E-state index in [1.54, 1.807) is 13.0 Å². The van der Waals surface area contributed by atoms with E-state index in [1.807, 2.05) is 31.2 Å². The Kier molecular flexibility index (Phi) is 6.38. The molecule has 0 radical (unpaired) electrons. The zero-order valence-corrected chi connectivity index (χ0v) is 16.7. The minimum Gasteiger partial charge on any atom is -0.349 e. The molecule has 2 amide bonds. The highest BCUT2D eigenvalue weighted by Crippen LogP contribution is 2.22. The van der Waals surface area contributed by atoms with Gasteiger partial charge < -0.3 is 10.6 Å². The number of hydrogen-bond acceptors (Lipinski definition) is 4. The Hall–Kier alpha value is -2.67. The topological polar surface area (TPSA) is 92.3 Å². The number of rotatable bonds is 6. The van der Waals surface area contributed by atoms with Crippen molar-refractivity contribution in [1.29, 1.82) is 0 Å². The number of carbonyl (C=O) groups is 2. The van der Waals surface area contributed by atoms with Gasteiger partial charge in [0.15, 0.2) is 9.84 Å². The second kappa shape index (κ2) is 8.35. The van der Waals surface area contributed by atoms with Crippen molar-refractivity contribution in [2.75, 3.05) is 11.6 Å². The highest BCUT2D eigenvalue weighted by Gasteiger charge is 2.18. The van der Waals surface area contributed by atoms with Gasteiger partial charge >= 0.3 is 0 Å². The molecule has 7 heteroatoms. The zero-order chi connectivity index (χ0) is 20.2. The van der Waals surface area contributed by atoms with E-state index in [9.17, 15) is 18.0 Å². The van der Waals surface area contributed by atoms with Gasteiger partial charge in [-0.05, 0) is 37.1 Å². The first-order chi connectivity index (χ1) is 12.6. The lowest BCUT2D eigenvalue weighted by Crippen LogP contribution is -2.29. The second-order valence-corrected chi connectivity index (χ2v) is 8.68.